The summed E-state index contributed by atoms with van der Waals surface area (Å²) in [6.07, 6.45) is 3.76. The predicted molar refractivity (Wildman–Crippen MR) is 199 cm³/mol. The van der Waals surface area contributed by atoms with Gasteiger partial charge in [-0.15, -0.1) is 0 Å². The average Bonchev–Trinajstić information content (AvgIpc) is 3.38. The maximum absolute atomic E-state index is 13.9. The lowest BCUT2D eigenvalue weighted by Gasteiger charge is -2.35. The summed E-state index contributed by atoms with van der Waals surface area (Å²) >= 11 is 0. The van der Waals surface area contributed by atoms with Crippen molar-refractivity contribution in [2.24, 2.45) is 11.8 Å². The van der Waals surface area contributed by atoms with E-state index >= 15 is 0 Å². The second-order valence-electron chi connectivity index (χ2n) is 15.0. The number of nitrogens with zero attached hydrogens (tertiary/aromatic N) is 2. The van der Waals surface area contributed by atoms with Gasteiger partial charge in [0, 0.05) is 46.7 Å². The number of carboxylic acids is 1. The van der Waals surface area contributed by atoms with Gasteiger partial charge in [-0.2, -0.15) is 25.3 Å². The number of anilines is 2. The summed E-state index contributed by atoms with van der Waals surface area (Å²) in [7, 11) is -13.0. The highest BCUT2D eigenvalue weighted by atomic mass is 32.2. The molecule has 54 heavy (non-hydrogen) atoms. The van der Waals surface area contributed by atoms with Gasteiger partial charge in [0.2, 0.25) is 0 Å². The van der Waals surface area contributed by atoms with Crippen LogP contribution in [0.25, 0.3) is 0 Å². The first-order valence-corrected chi connectivity index (χ1v) is 21.9. The van der Waals surface area contributed by atoms with E-state index in [1.807, 2.05) is 18.7 Å². The fraction of sp³-hybridized carbons (Fsp3) is 0.472. The predicted octanol–water partition coefficient (Wildman–Crippen LogP) is 3.94. The Morgan fingerprint density at radius 3 is 1.52 bits per heavy atom. The van der Waals surface area contributed by atoms with E-state index in [0.717, 1.165) is 5.56 Å². The zero-order valence-corrected chi connectivity index (χ0v) is 32.7. The van der Waals surface area contributed by atoms with Crippen molar-refractivity contribution in [1.82, 2.24) is 0 Å². The molecule has 0 bridgehead atoms. The third-order valence-electron chi connectivity index (χ3n) is 10.4. The van der Waals surface area contributed by atoms with Gasteiger partial charge in [0.25, 0.3) is 30.4 Å². The molecule has 5 rings (SSSR count). The number of carbonyl (C=O) groups is 3. The summed E-state index contributed by atoms with van der Waals surface area (Å²) in [5.74, 6) is -5.06. The summed E-state index contributed by atoms with van der Waals surface area (Å²) < 4.78 is 97.6. The van der Waals surface area contributed by atoms with Crippen LogP contribution in [0.4, 0.5) is 11.4 Å². The lowest BCUT2D eigenvalue weighted by Crippen LogP contribution is -2.48. The zero-order valence-electron chi connectivity index (χ0n) is 30.2. The Labute approximate surface area is 315 Å². The molecular formula is C36H44N2O13S3. The molecule has 2 heterocycles. The average molecular weight is 809 g/mol. The minimum Gasteiger partial charge on any atom is -0.481 e. The quantitative estimate of drug-likeness (QED) is 0.113. The third-order valence-corrected chi connectivity index (χ3v) is 12.9. The molecule has 3 aliphatic rings. The summed E-state index contributed by atoms with van der Waals surface area (Å²) in [5, 5.41) is 9.39. The third kappa shape index (κ3) is 8.48. The topological polar surface area (TPSA) is 241 Å². The van der Waals surface area contributed by atoms with Gasteiger partial charge in [-0.05, 0) is 78.8 Å². The number of rotatable bonds is 15. The van der Waals surface area contributed by atoms with Gasteiger partial charge < -0.3 is 14.9 Å². The number of ketones is 2. The summed E-state index contributed by atoms with van der Waals surface area (Å²) in [5.41, 5.74) is 2.39. The molecule has 0 spiro atoms. The van der Waals surface area contributed by atoms with Gasteiger partial charge in [-0.1, -0.05) is 39.8 Å². The number of Topliss-reactive ketones (excluding diaryl/α,β-unsaturated/α-hetero) is 2. The van der Waals surface area contributed by atoms with Gasteiger partial charge in [0.05, 0.1) is 34.7 Å². The van der Waals surface area contributed by atoms with Crippen molar-refractivity contribution in [3.8, 4) is 0 Å². The van der Waals surface area contributed by atoms with Crippen molar-refractivity contribution < 1.29 is 58.4 Å². The number of hydrogen-bond acceptors (Lipinski definition) is 11. The Kier molecular flexibility index (Phi) is 11.2. The number of allylic oxidation sites excluding steroid dienone is 4. The van der Waals surface area contributed by atoms with Crippen molar-refractivity contribution in [2.75, 3.05) is 34.4 Å². The number of hydrogen-bond donors (Lipinski definition) is 4. The van der Waals surface area contributed by atoms with E-state index in [1.54, 1.807) is 43.0 Å². The molecule has 2 aromatic carbocycles. The molecule has 294 valence electrons. The van der Waals surface area contributed by atoms with Crippen LogP contribution in [0, 0.1) is 11.8 Å². The lowest BCUT2D eigenvalue weighted by molar-refractivity contribution is -0.146. The highest BCUT2D eigenvalue weighted by Gasteiger charge is 2.51. The molecule has 1 aliphatic carbocycles. The first-order valence-electron chi connectivity index (χ1n) is 17.3. The van der Waals surface area contributed by atoms with Gasteiger partial charge in [-0.25, -0.2) is 0 Å². The number of carboxylic acid groups (broad SMARTS) is 1. The first-order chi connectivity index (χ1) is 24.8. The second-order valence-corrected chi connectivity index (χ2v) is 19.5. The second kappa shape index (κ2) is 14.6. The van der Waals surface area contributed by atoms with E-state index < -0.39 is 82.1 Å². The monoisotopic (exact) mass is 808 g/mol. The molecular weight excluding hydrogens is 765 g/mol. The van der Waals surface area contributed by atoms with Gasteiger partial charge in [0.15, 0.2) is 11.6 Å². The molecule has 0 aromatic heterocycles. The van der Waals surface area contributed by atoms with E-state index in [2.05, 4.69) is 0 Å². The molecule has 4 N–H and O–H groups in total. The van der Waals surface area contributed by atoms with Crippen molar-refractivity contribution in [2.45, 2.75) is 75.5 Å². The lowest BCUT2D eigenvalue weighted by atomic mass is 9.69. The molecule has 0 radical (unpaired) electrons. The largest absolute Gasteiger partial charge is 0.481 e. The van der Waals surface area contributed by atoms with E-state index in [1.165, 1.54) is 24.3 Å². The molecule has 15 nitrogen and oxygen atoms in total. The fourth-order valence-electron chi connectivity index (χ4n) is 7.63. The van der Waals surface area contributed by atoms with Crippen LogP contribution in [-0.4, -0.2) is 86.1 Å². The molecule has 0 amide bonds. The highest BCUT2D eigenvalue weighted by Crippen LogP contribution is 2.51. The van der Waals surface area contributed by atoms with E-state index in [4.69, 9.17) is 0 Å². The minimum atomic E-state index is -4.57. The van der Waals surface area contributed by atoms with Crippen LogP contribution in [0.2, 0.25) is 0 Å². The SMILES string of the molecule is CC1(C)/C(=C\C2C(=O)C(/C=C3/N(CCCCS(=O)(=O)O)c4ccc(S(=O)(=O)O)cc4C3(C)C)C2=O)N(CCCCS(=O)(=O)O)c2ccc(CC(=O)O)cc21. The number of unbranched alkanes of at least 4 members (excludes halogenated alkanes) is 2. The maximum Gasteiger partial charge on any atom is 0.307 e. The van der Waals surface area contributed by atoms with Gasteiger partial charge in [-0.3, -0.25) is 28.0 Å². The Morgan fingerprint density at radius 2 is 1.11 bits per heavy atom. The number of fused-ring (bicyclic) bond motifs is 2. The van der Waals surface area contributed by atoms with Crippen molar-refractivity contribution in [3.05, 3.63) is 76.6 Å². The van der Waals surface area contributed by atoms with Crippen LogP contribution in [0.5, 0.6) is 0 Å². The summed E-state index contributed by atoms with van der Waals surface area (Å²) in [4.78, 5) is 42.6. The Bertz CT molecular complexity index is 2280. The summed E-state index contributed by atoms with van der Waals surface area (Å²) in [6.45, 7) is 7.79. The molecule has 1 saturated carbocycles. The van der Waals surface area contributed by atoms with E-state index in [-0.39, 0.29) is 43.7 Å². The van der Waals surface area contributed by atoms with E-state index in [9.17, 15) is 58.4 Å². The minimum absolute atomic E-state index is 0.0979. The molecule has 0 atom stereocenters. The first kappa shape index (κ1) is 41.2. The summed E-state index contributed by atoms with van der Waals surface area (Å²) in [6, 6.07) is 9.24. The number of aliphatic carboxylic acids is 1. The van der Waals surface area contributed by atoms with Gasteiger partial charge >= 0.3 is 5.97 Å². The number of benzene rings is 2. The van der Waals surface area contributed by atoms with E-state index in [0.29, 0.717) is 40.3 Å². The maximum atomic E-state index is 13.9. The molecule has 18 heteroatoms. The highest BCUT2D eigenvalue weighted by molar-refractivity contribution is 7.86. The molecule has 2 aromatic rings. The van der Waals surface area contributed by atoms with Crippen molar-refractivity contribution in [1.29, 1.82) is 0 Å². The van der Waals surface area contributed by atoms with Crippen LogP contribution in [0.3, 0.4) is 0 Å². The Morgan fingerprint density at radius 1 is 0.685 bits per heavy atom. The standard InChI is InChI=1S/C36H44N2O13S3/c1-35(2)26-17-22(18-32(39)40)9-11-28(26)37(13-5-7-15-52(43,44)45)30(35)20-24-33(41)25(34(24)42)21-31-36(3,4)27-19-23(54(49,50)51)10-12-29(27)38(31)14-6-8-16-53(46,47)48/h9-12,17,19-21,24-25H,5-8,13-16,18H2,1-4H3,(H,39,40)(H,43,44,45)(H,46,47,48)(H,49,50,51)/b30-20+,31-21+. The zero-order chi connectivity index (χ0) is 40.2. The van der Waals surface area contributed by atoms with Crippen LogP contribution in [0.15, 0.2) is 64.8 Å². The van der Waals surface area contributed by atoms with Crippen molar-refractivity contribution in [3.63, 3.8) is 0 Å². The van der Waals surface area contributed by atoms with Crippen molar-refractivity contribution >= 4 is 59.3 Å². The molecule has 0 saturated heterocycles. The Hall–Kier alpha value is -3.94. The normalized spacial score (nSPS) is 22.1. The smallest absolute Gasteiger partial charge is 0.307 e. The fourth-order valence-corrected chi connectivity index (χ4v) is 9.27. The van der Waals surface area contributed by atoms with Gasteiger partial charge in [0.1, 0.15) is 0 Å². The van der Waals surface area contributed by atoms with Crippen LogP contribution in [0.1, 0.15) is 70.1 Å². The molecule has 0 unspecified atom stereocenters. The van der Waals surface area contributed by atoms with Crippen LogP contribution >= 0.6 is 0 Å². The molecule has 2 aliphatic heterocycles. The number of carbonyl (C=O) groups excluding carboxylic acids is 2. The molecule has 1 fully saturated rings. The Balaban J connectivity index is 1.48. The van der Waals surface area contributed by atoms with Crippen LogP contribution < -0.4 is 9.80 Å². The van der Waals surface area contributed by atoms with Crippen LogP contribution in [-0.2, 0) is 62.0 Å².